The summed E-state index contributed by atoms with van der Waals surface area (Å²) in [6, 6.07) is 11.3. The Morgan fingerprint density at radius 3 is 2.76 bits per heavy atom. The van der Waals surface area contributed by atoms with Crippen molar-refractivity contribution in [2.24, 2.45) is 0 Å². The molecule has 1 atom stereocenters. The van der Waals surface area contributed by atoms with Crippen molar-refractivity contribution >= 4 is 27.6 Å². The number of hydrogen-bond donors (Lipinski definition) is 1. The van der Waals surface area contributed by atoms with Gasteiger partial charge in [0.05, 0.1) is 16.5 Å². The van der Waals surface area contributed by atoms with Gasteiger partial charge in [-0.3, -0.25) is 4.21 Å². The maximum atomic E-state index is 12.5. The molecular formula is C16H16N2O2S. The first-order valence-corrected chi connectivity index (χ1v) is 7.96. The first-order chi connectivity index (χ1) is 10.0. The Balaban J connectivity index is 1.91. The second-order valence-electron chi connectivity index (χ2n) is 5.06. The molecule has 0 fully saturated rings. The van der Waals surface area contributed by atoms with Crippen molar-refractivity contribution in [3.05, 3.63) is 53.4 Å². The summed E-state index contributed by atoms with van der Waals surface area (Å²) in [7, 11) is -1.18. The monoisotopic (exact) mass is 300 g/mol. The molecule has 0 aliphatic rings. The molecule has 3 aromatic rings. The van der Waals surface area contributed by atoms with E-state index in [2.05, 4.69) is 4.98 Å². The van der Waals surface area contributed by atoms with Gasteiger partial charge in [0.15, 0.2) is 5.58 Å². The number of nitrogen functional groups attached to an aromatic ring is 1. The Labute approximate surface area is 125 Å². The molecule has 1 aromatic heterocycles. The van der Waals surface area contributed by atoms with Crippen molar-refractivity contribution in [1.29, 1.82) is 0 Å². The van der Waals surface area contributed by atoms with Gasteiger partial charge in [-0.1, -0.05) is 23.8 Å². The van der Waals surface area contributed by atoms with Gasteiger partial charge in [0.25, 0.3) is 0 Å². The Hall–Kier alpha value is -2.14. The quantitative estimate of drug-likeness (QED) is 0.753. The van der Waals surface area contributed by atoms with Gasteiger partial charge in [-0.05, 0) is 37.6 Å². The van der Waals surface area contributed by atoms with Crippen molar-refractivity contribution in [3.63, 3.8) is 0 Å². The highest BCUT2D eigenvalue weighted by Gasteiger charge is 2.14. The van der Waals surface area contributed by atoms with Gasteiger partial charge in [-0.2, -0.15) is 0 Å². The van der Waals surface area contributed by atoms with Gasteiger partial charge in [0.2, 0.25) is 5.89 Å². The minimum Gasteiger partial charge on any atom is -0.440 e. The lowest BCUT2D eigenvalue weighted by molar-refractivity contribution is 0.552. The molecule has 0 aliphatic carbocycles. The summed E-state index contributed by atoms with van der Waals surface area (Å²) in [4.78, 5) is 5.16. The number of anilines is 1. The van der Waals surface area contributed by atoms with E-state index in [0.29, 0.717) is 22.7 Å². The van der Waals surface area contributed by atoms with Crippen LogP contribution >= 0.6 is 0 Å². The Morgan fingerprint density at radius 1 is 1.24 bits per heavy atom. The molecule has 0 bridgehead atoms. The number of rotatable bonds is 3. The first kappa shape index (κ1) is 13.8. The van der Waals surface area contributed by atoms with Crippen LogP contribution in [0, 0.1) is 13.8 Å². The van der Waals surface area contributed by atoms with Gasteiger partial charge in [0, 0.05) is 4.90 Å². The number of nitrogens with zero attached hydrogens (tertiary/aromatic N) is 1. The lowest BCUT2D eigenvalue weighted by Gasteiger charge is -2.05. The standard InChI is InChI=1S/C16H16N2O2S/c1-10-6-7-14(11(2)8-10)21(19)9-15-18-16-12(17)4-3-5-13(16)20-15/h3-8H,9,17H2,1-2H3. The molecule has 0 amide bonds. The van der Waals surface area contributed by atoms with E-state index in [4.69, 9.17) is 10.2 Å². The van der Waals surface area contributed by atoms with Gasteiger partial charge in [-0.25, -0.2) is 4.98 Å². The molecule has 0 saturated carbocycles. The predicted molar refractivity (Wildman–Crippen MR) is 84.4 cm³/mol. The smallest absolute Gasteiger partial charge is 0.208 e. The average Bonchev–Trinajstić information content (AvgIpc) is 2.82. The third kappa shape index (κ3) is 2.69. The van der Waals surface area contributed by atoms with Crippen molar-refractivity contribution < 1.29 is 8.63 Å². The molecule has 4 nitrogen and oxygen atoms in total. The molecular weight excluding hydrogens is 284 g/mol. The Kier molecular flexibility index (Phi) is 3.51. The van der Waals surface area contributed by atoms with Crippen LogP contribution in [-0.4, -0.2) is 9.19 Å². The fourth-order valence-electron chi connectivity index (χ4n) is 2.32. The number of nitrogens with two attached hydrogens (primary N) is 1. The third-order valence-electron chi connectivity index (χ3n) is 3.32. The van der Waals surface area contributed by atoms with E-state index in [0.717, 1.165) is 16.0 Å². The second kappa shape index (κ2) is 5.33. The Bertz CT molecular complexity index is 839. The third-order valence-corrected chi connectivity index (χ3v) is 4.78. The molecule has 2 N–H and O–H groups in total. The normalized spacial score (nSPS) is 12.7. The molecule has 5 heteroatoms. The van der Waals surface area contributed by atoms with Crippen LogP contribution in [-0.2, 0) is 16.6 Å². The van der Waals surface area contributed by atoms with E-state index >= 15 is 0 Å². The summed E-state index contributed by atoms with van der Waals surface area (Å²) in [5.74, 6) is 0.694. The maximum Gasteiger partial charge on any atom is 0.208 e. The zero-order valence-corrected chi connectivity index (χ0v) is 12.7. The zero-order valence-electron chi connectivity index (χ0n) is 11.9. The lowest BCUT2D eigenvalue weighted by Crippen LogP contribution is -1.99. The Morgan fingerprint density at radius 2 is 2.05 bits per heavy atom. The molecule has 0 saturated heterocycles. The molecule has 0 aliphatic heterocycles. The van der Waals surface area contributed by atoms with Gasteiger partial charge in [0.1, 0.15) is 11.3 Å². The molecule has 1 unspecified atom stereocenters. The predicted octanol–water partition coefficient (Wildman–Crippen LogP) is 3.33. The maximum absolute atomic E-state index is 12.5. The summed E-state index contributed by atoms with van der Waals surface area (Å²) < 4.78 is 18.1. The highest BCUT2D eigenvalue weighted by molar-refractivity contribution is 7.84. The van der Waals surface area contributed by atoms with Crippen LogP contribution in [0.2, 0.25) is 0 Å². The minimum atomic E-state index is -1.18. The zero-order chi connectivity index (χ0) is 15.0. The van der Waals surface area contributed by atoms with E-state index < -0.39 is 10.8 Å². The van der Waals surface area contributed by atoms with Crippen LogP contribution in [0.3, 0.4) is 0 Å². The molecule has 0 radical (unpaired) electrons. The van der Waals surface area contributed by atoms with E-state index in [1.165, 1.54) is 0 Å². The molecule has 0 spiro atoms. The number of hydrogen-bond acceptors (Lipinski definition) is 4. The summed E-state index contributed by atoms with van der Waals surface area (Å²) >= 11 is 0. The fraction of sp³-hybridized carbons (Fsp3) is 0.188. The van der Waals surface area contributed by atoms with Crippen LogP contribution in [0.15, 0.2) is 45.7 Å². The van der Waals surface area contributed by atoms with Crippen molar-refractivity contribution in [1.82, 2.24) is 4.98 Å². The number of para-hydroxylation sites is 1. The van der Waals surface area contributed by atoms with E-state index in [1.807, 2.05) is 44.2 Å². The van der Waals surface area contributed by atoms with Crippen molar-refractivity contribution in [2.75, 3.05) is 5.73 Å². The molecule has 3 rings (SSSR count). The van der Waals surface area contributed by atoms with Gasteiger partial charge >= 0.3 is 0 Å². The summed E-state index contributed by atoms with van der Waals surface area (Å²) in [5.41, 5.74) is 9.85. The van der Waals surface area contributed by atoms with Crippen LogP contribution in [0.1, 0.15) is 17.0 Å². The van der Waals surface area contributed by atoms with Gasteiger partial charge in [-0.15, -0.1) is 0 Å². The molecule has 21 heavy (non-hydrogen) atoms. The number of oxazole rings is 1. The van der Waals surface area contributed by atoms with Crippen molar-refractivity contribution in [2.45, 2.75) is 24.5 Å². The molecule has 2 aromatic carbocycles. The SMILES string of the molecule is Cc1ccc(S(=O)Cc2nc3c(N)cccc3o2)c(C)c1. The summed E-state index contributed by atoms with van der Waals surface area (Å²) in [5, 5.41) is 0. The van der Waals surface area contributed by atoms with E-state index in [9.17, 15) is 4.21 Å². The molecule has 1 heterocycles. The van der Waals surface area contributed by atoms with Crippen molar-refractivity contribution in [3.8, 4) is 0 Å². The minimum absolute atomic E-state index is 0.248. The number of aryl methyl sites for hydroxylation is 2. The van der Waals surface area contributed by atoms with Crippen LogP contribution < -0.4 is 5.73 Å². The molecule has 108 valence electrons. The van der Waals surface area contributed by atoms with E-state index in [-0.39, 0.29) is 5.75 Å². The lowest BCUT2D eigenvalue weighted by atomic mass is 10.2. The topological polar surface area (TPSA) is 69.1 Å². The number of aromatic nitrogens is 1. The largest absolute Gasteiger partial charge is 0.440 e. The van der Waals surface area contributed by atoms with Crippen LogP contribution in [0.25, 0.3) is 11.1 Å². The highest BCUT2D eigenvalue weighted by Crippen LogP contribution is 2.23. The summed E-state index contributed by atoms with van der Waals surface area (Å²) in [6.45, 7) is 3.98. The number of benzene rings is 2. The van der Waals surface area contributed by atoms with Crippen LogP contribution in [0.4, 0.5) is 5.69 Å². The average molecular weight is 300 g/mol. The highest BCUT2D eigenvalue weighted by atomic mass is 32.2. The first-order valence-electron chi connectivity index (χ1n) is 6.64. The second-order valence-corrected chi connectivity index (χ2v) is 6.48. The summed E-state index contributed by atoms with van der Waals surface area (Å²) in [6.07, 6.45) is 0. The van der Waals surface area contributed by atoms with E-state index in [1.54, 1.807) is 6.07 Å². The van der Waals surface area contributed by atoms with Gasteiger partial charge < -0.3 is 10.2 Å². The fourth-order valence-corrected chi connectivity index (χ4v) is 3.46. The number of fused-ring (bicyclic) bond motifs is 1. The van der Waals surface area contributed by atoms with Crippen LogP contribution in [0.5, 0.6) is 0 Å².